The maximum Gasteiger partial charge on any atom is 0.169 e. The van der Waals surface area contributed by atoms with E-state index in [0.29, 0.717) is 5.41 Å². The molecule has 2 atom stereocenters. The third-order valence-corrected chi connectivity index (χ3v) is 6.10. The van der Waals surface area contributed by atoms with Crippen LogP contribution in [-0.2, 0) is 9.47 Å². The molecule has 3 fully saturated rings. The zero-order valence-electron chi connectivity index (χ0n) is 12.3. The van der Waals surface area contributed by atoms with Crippen molar-refractivity contribution >= 4 is 0 Å². The Balaban J connectivity index is 1.90. The summed E-state index contributed by atoms with van der Waals surface area (Å²) in [5, 5.41) is 0. The zero-order valence-corrected chi connectivity index (χ0v) is 12.3. The molecule has 0 unspecified atom stereocenters. The molecule has 0 aromatic carbocycles. The number of ether oxygens (including phenoxy) is 2. The fourth-order valence-corrected chi connectivity index (χ4v) is 5.31. The average Bonchev–Trinajstić information content (AvgIpc) is 2.95. The van der Waals surface area contributed by atoms with Crippen LogP contribution in [0.2, 0.25) is 0 Å². The maximum absolute atomic E-state index is 6.01. The first-order chi connectivity index (χ1) is 9.04. The van der Waals surface area contributed by atoms with Gasteiger partial charge in [0.25, 0.3) is 0 Å². The van der Waals surface area contributed by atoms with Gasteiger partial charge in [-0.05, 0) is 36.0 Å². The topological polar surface area (TPSA) is 18.5 Å². The molecule has 0 bridgehead atoms. The van der Waals surface area contributed by atoms with Gasteiger partial charge >= 0.3 is 0 Å². The van der Waals surface area contributed by atoms with E-state index in [1.165, 1.54) is 25.7 Å². The lowest BCUT2D eigenvalue weighted by atomic mass is 9.51. The molecule has 19 heavy (non-hydrogen) atoms. The molecule has 1 spiro atoms. The fourth-order valence-electron chi connectivity index (χ4n) is 5.31. The van der Waals surface area contributed by atoms with Crippen LogP contribution in [-0.4, -0.2) is 19.0 Å². The van der Waals surface area contributed by atoms with Gasteiger partial charge in [0.2, 0.25) is 0 Å². The molecule has 2 saturated carbocycles. The summed E-state index contributed by atoms with van der Waals surface area (Å²) in [6, 6.07) is 0. The molecule has 0 aromatic rings. The van der Waals surface area contributed by atoms with Crippen LogP contribution < -0.4 is 0 Å². The molecule has 1 saturated heterocycles. The molecule has 106 valence electrons. The van der Waals surface area contributed by atoms with Crippen molar-refractivity contribution in [3.05, 3.63) is 0 Å². The normalized spacial score (nSPS) is 39.1. The lowest BCUT2D eigenvalue weighted by Gasteiger charge is -2.57. The predicted octanol–water partition coefficient (Wildman–Crippen LogP) is 3.75. The minimum absolute atomic E-state index is 0.258. The zero-order chi connectivity index (χ0) is 13.6. The van der Waals surface area contributed by atoms with E-state index in [2.05, 4.69) is 19.8 Å². The number of terminal acetylenes is 1. The van der Waals surface area contributed by atoms with Gasteiger partial charge in [-0.1, -0.05) is 20.3 Å². The summed E-state index contributed by atoms with van der Waals surface area (Å²) in [6.45, 7) is 6.35. The monoisotopic (exact) mass is 262 g/mol. The van der Waals surface area contributed by atoms with E-state index >= 15 is 0 Å². The van der Waals surface area contributed by atoms with Gasteiger partial charge in [-0.3, -0.25) is 0 Å². The Kier molecular flexibility index (Phi) is 3.19. The third-order valence-electron chi connectivity index (χ3n) is 6.10. The van der Waals surface area contributed by atoms with Crippen molar-refractivity contribution < 1.29 is 9.47 Å². The summed E-state index contributed by atoms with van der Waals surface area (Å²) in [6.07, 6.45) is 13.7. The van der Waals surface area contributed by atoms with Crippen LogP contribution in [0.3, 0.4) is 0 Å². The highest BCUT2D eigenvalue weighted by Gasteiger charge is 2.61. The van der Waals surface area contributed by atoms with Crippen LogP contribution in [0, 0.1) is 29.1 Å². The van der Waals surface area contributed by atoms with Crippen LogP contribution >= 0.6 is 0 Å². The first kappa shape index (κ1) is 13.5. The first-order valence-electron chi connectivity index (χ1n) is 7.75. The summed E-state index contributed by atoms with van der Waals surface area (Å²) >= 11 is 0. The van der Waals surface area contributed by atoms with Crippen molar-refractivity contribution in [2.45, 2.75) is 64.6 Å². The molecule has 0 amide bonds. The third kappa shape index (κ3) is 1.94. The van der Waals surface area contributed by atoms with E-state index in [9.17, 15) is 0 Å². The number of rotatable bonds is 2. The minimum Gasteiger partial charge on any atom is -0.348 e. The first-order valence-corrected chi connectivity index (χ1v) is 7.75. The fraction of sp³-hybridized carbons (Fsp3) is 0.882. The Bertz CT molecular complexity index is 387. The van der Waals surface area contributed by atoms with Gasteiger partial charge in [-0.15, -0.1) is 12.3 Å². The Morgan fingerprint density at radius 3 is 2.68 bits per heavy atom. The van der Waals surface area contributed by atoms with Gasteiger partial charge in [0, 0.05) is 19.3 Å². The predicted molar refractivity (Wildman–Crippen MR) is 75.5 cm³/mol. The molecule has 0 N–H and O–H groups in total. The summed E-state index contributed by atoms with van der Waals surface area (Å²) in [5.41, 5.74) is 0.674. The van der Waals surface area contributed by atoms with Gasteiger partial charge in [-0.25, -0.2) is 0 Å². The Labute approximate surface area is 117 Å². The van der Waals surface area contributed by atoms with Gasteiger partial charge in [0.15, 0.2) is 5.79 Å². The van der Waals surface area contributed by atoms with Gasteiger partial charge in [-0.2, -0.15) is 0 Å². The molecule has 2 aliphatic carbocycles. The Hall–Kier alpha value is -0.520. The minimum atomic E-state index is -0.280. The second-order valence-corrected chi connectivity index (χ2v) is 7.32. The second kappa shape index (κ2) is 4.50. The van der Waals surface area contributed by atoms with Gasteiger partial charge < -0.3 is 9.47 Å². The molecular formula is C17H26O2. The van der Waals surface area contributed by atoms with Crippen LogP contribution in [0.5, 0.6) is 0 Å². The highest BCUT2D eigenvalue weighted by atomic mass is 16.7. The van der Waals surface area contributed by atoms with E-state index in [0.717, 1.165) is 38.4 Å². The number of hydrogen-bond donors (Lipinski definition) is 0. The SMILES string of the molecule is C#CCC[C@]12CCC[C@H]1CC1(CC2(C)C)OCCO1. The van der Waals surface area contributed by atoms with Crippen molar-refractivity contribution in [3.63, 3.8) is 0 Å². The summed E-state index contributed by atoms with van der Waals surface area (Å²) < 4.78 is 12.0. The maximum atomic E-state index is 6.01. The van der Waals surface area contributed by atoms with Crippen molar-refractivity contribution in [1.29, 1.82) is 0 Å². The lowest BCUT2D eigenvalue weighted by Crippen LogP contribution is -2.54. The number of hydrogen-bond acceptors (Lipinski definition) is 2. The van der Waals surface area contributed by atoms with E-state index in [1.807, 2.05) is 0 Å². The summed E-state index contributed by atoms with van der Waals surface area (Å²) in [4.78, 5) is 0. The molecule has 2 nitrogen and oxygen atoms in total. The van der Waals surface area contributed by atoms with Crippen molar-refractivity contribution in [2.24, 2.45) is 16.7 Å². The van der Waals surface area contributed by atoms with Crippen molar-refractivity contribution in [2.75, 3.05) is 13.2 Å². The summed E-state index contributed by atoms with van der Waals surface area (Å²) in [5.74, 6) is 3.30. The van der Waals surface area contributed by atoms with Crippen LogP contribution in [0.15, 0.2) is 0 Å². The average molecular weight is 262 g/mol. The van der Waals surface area contributed by atoms with Gasteiger partial charge in [0.05, 0.1) is 13.2 Å². The van der Waals surface area contributed by atoms with Crippen molar-refractivity contribution in [1.82, 2.24) is 0 Å². The largest absolute Gasteiger partial charge is 0.348 e. The lowest BCUT2D eigenvalue weighted by molar-refractivity contribution is -0.241. The van der Waals surface area contributed by atoms with Crippen molar-refractivity contribution in [3.8, 4) is 12.3 Å². The van der Waals surface area contributed by atoms with Gasteiger partial charge in [0.1, 0.15) is 0 Å². The Morgan fingerprint density at radius 1 is 1.26 bits per heavy atom. The highest BCUT2D eigenvalue weighted by molar-refractivity contribution is 5.09. The van der Waals surface area contributed by atoms with Crippen LogP contribution in [0.25, 0.3) is 0 Å². The number of fused-ring (bicyclic) bond motifs is 1. The quantitative estimate of drug-likeness (QED) is 0.706. The standard InChI is InChI=1S/C17H26O2/c1-4-5-8-16-9-6-7-14(16)12-17(13-15(16,2)3)18-10-11-19-17/h1,14H,5-13H2,2-3H3/t14-,16-/m0/s1. The molecule has 1 aliphatic heterocycles. The molecule has 3 rings (SSSR count). The molecule has 3 aliphatic rings. The van der Waals surface area contributed by atoms with Crippen LogP contribution in [0.1, 0.15) is 58.8 Å². The van der Waals surface area contributed by atoms with E-state index in [4.69, 9.17) is 15.9 Å². The van der Waals surface area contributed by atoms with E-state index in [-0.39, 0.29) is 11.2 Å². The smallest absolute Gasteiger partial charge is 0.169 e. The molecular weight excluding hydrogens is 236 g/mol. The second-order valence-electron chi connectivity index (χ2n) is 7.32. The summed E-state index contributed by atoms with van der Waals surface area (Å²) in [7, 11) is 0. The molecule has 0 aromatic heterocycles. The molecule has 0 radical (unpaired) electrons. The molecule has 1 heterocycles. The Morgan fingerprint density at radius 2 is 2.00 bits per heavy atom. The molecule has 2 heteroatoms. The van der Waals surface area contributed by atoms with E-state index < -0.39 is 0 Å². The van der Waals surface area contributed by atoms with E-state index in [1.54, 1.807) is 0 Å². The van der Waals surface area contributed by atoms with Crippen LogP contribution in [0.4, 0.5) is 0 Å². The highest BCUT2D eigenvalue weighted by Crippen LogP contribution is 2.66.